The van der Waals surface area contributed by atoms with Gasteiger partial charge in [-0.15, -0.1) is 0 Å². The molecule has 0 aliphatic heterocycles. The van der Waals surface area contributed by atoms with Crippen molar-refractivity contribution in [3.05, 3.63) is 497 Å². The Balaban J connectivity index is 0.000000147. The van der Waals surface area contributed by atoms with Crippen molar-refractivity contribution >= 4 is 144 Å². The fourth-order valence-electron chi connectivity index (χ4n) is 19.2. The second-order valence-electron chi connectivity index (χ2n) is 32.9. The van der Waals surface area contributed by atoms with Crippen molar-refractivity contribution in [3.8, 4) is 78.4 Å². The van der Waals surface area contributed by atoms with Gasteiger partial charge >= 0.3 is 0 Å². The molecule has 6 nitrogen and oxygen atoms in total. The van der Waals surface area contributed by atoms with E-state index in [9.17, 15) is 0 Å². The molecule has 0 radical (unpaired) electrons. The first kappa shape index (κ1) is 75.9. The molecule has 24 aromatic rings. The highest BCUT2D eigenvalue weighted by molar-refractivity contribution is 6.13. The van der Waals surface area contributed by atoms with Gasteiger partial charge in [-0.25, -0.2) is 0 Å². The SMILES string of the molecule is C=Cc1ccc(-c2ccc(N(c3ccc(-c4ccc(-n5c6ccccc6c6ccccc65)cc4)cc3)c3ccc(-c4ccc(-n5c6ccccc6c6ccccc65)cc4)cc3)cc2)cc1.C=Cc1ccc(-c2ccc(N(c3ccc(-c4ccc(-n5c6ccccc6c6ccccc65)cc4)cc3)c3ccc4cc(-n5c6ccccc6c6ccccc65)ccc4c3)cc2)cc1. The largest absolute Gasteiger partial charge is 0.311 e. The van der Waals surface area contributed by atoms with Crippen LogP contribution < -0.4 is 9.80 Å². The van der Waals surface area contributed by atoms with Gasteiger partial charge in [0.15, 0.2) is 0 Å². The summed E-state index contributed by atoms with van der Waals surface area (Å²) in [6.45, 7) is 7.85. The molecular formula is C122H84N6. The van der Waals surface area contributed by atoms with Crippen LogP contribution in [0.3, 0.4) is 0 Å². The van der Waals surface area contributed by atoms with E-state index in [2.05, 4.69) is 514 Å². The van der Waals surface area contributed by atoms with Crippen LogP contribution in [0.1, 0.15) is 11.1 Å². The number of anilines is 6. The number of aromatic nitrogens is 4. The van der Waals surface area contributed by atoms with Crippen LogP contribution in [0, 0.1) is 0 Å². The molecule has 0 saturated carbocycles. The van der Waals surface area contributed by atoms with E-state index in [0.29, 0.717) is 0 Å². The Morgan fingerprint density at radius 2 is 0.328 bits per heavy atom. The van der Waals surface area contributed by atoms with Gasteiger partial charge in [0.2, 0.25) is 0 Å². The van der Waals surface area contributed by atoms with E-state index in [1.54, 1.807) is 0 Å². The van der Waals surface area contributed by atoms with E-state index in [-0.39, 0.29) is 0 Å². The van der Waals surface area contributed by atoms with Gasteiger partial charge in [-0.2, -0.15) is 0 Å². The molecule has 4 aromatic heterocycles. The van der Waals surface area contributed by atoms with Crippen molar-refractivity contribution in [2.75, 3.05) is 9.80 Å². The molecule has 0 N–H and O–H groups in total. The number of hydrogen-bond acceptors (Lipinski definition) is 2. The summed E-state index contributed by atoms with van der Waals surface area (Å²) in [5.74, 6) is 0. The molecule has 0 fully saturated rings. The lowest BCUT2D eigenvalue weighted by Gasteiger charge is -2.26. The third-order valence-corrected chi connectivity index (χ3v) is 25.6. The van der Waals surface area contributed by atoms with E-state index in [4.69, 9.17) is 0 Å². The highest BCUT2D eigenvalue weighted by Gasteiger charge is 2.22. The Morgan fingerprint density at radius 3 is 0.562 bits per heavy atom. The molecule has 0 aliphatic rings. The van der Waals surface area contributed by atoms with E-state index in [1.807, 2.05) is 12.2 Å². The van der Waals surface area contributed by atoms with Gasteiger partial charge < -0.3 is 28.1 Å². The van der Waals surface area contributed by atoms with Crippen molar-refractivity contribution in [1.29, 1.82) is 0 Å². The Morgan fingerprint density at radius 1 is 0.156 bits per heavy atom. The van der Waals surface area contributed by atoms with Gasteiger partial charge in [0.1, 0.15) is 0 Å². The van der Waals surface area contributed by atoms with Gasteiger partial charge in [-0.05, 0) is 247 Å². The Kier molecular flexibility index (Phi) is 19.2. The maximum Gasteiger partial charge on any atom is 0.0541 e. The van der Waals surface area contributed by atoms with Crippen LogP contribution >= 0.6 is 0 Å². The van der Waals surface area contributed by atoms with Crippen molar-refractivity contribution in [2.45, 2.75) is 0 Å². The Bertz CT molecular complexity index is 7910. The van der Waals surface area contributed by atoms with Gasteiger partial charge in [0.25, 0.3) is 0 Å². The zero-order chi connectivity index (χ0) is 85.1. The fourth-order valence-corrected chi connectivity index (χ4v) is 19.2. The van der Waals surface area contributed by atoms with Crippen molar-refractivity contribution < 1.29 is 0 Å². The van der Waals surface area contributed by atoms with E-state index < -0.39 is 0 Å². The summed E-state index contributed by atoms with van der Waals surface area (Å²) < 4.78 is 9.48. The normalized spacial score (nSPS) is 11.5. The molecule has 20 aromatic carbocycles. The molecule has 0 atom stereocenters. The maximum atomic E-state index is 3.92. The van der Waals surface area contributed by atoms with Crippen molar-refractivity contribution in [2.24, 2.45) is 0 Å². The molecule has 24 rings (SSSR count). The average Bonchev–Trinajstić information content (AvgIpc) is 1.61. The van der Waals surface area contributed by atoms with Crippen molar-refractivity contribution in [1.82, 2.24) is 18.3 Å². The lowest BCUT2D eigenvalue weighted by Crippen LogP contribution is -2.10. The van der Waals surface area contributed by atoms with Gasteiger partial charge in [-0.3, -0.25) is 0 Å². The first-order valence-corrected chi connectivity index (χ1v) is 43.7. The summed E-state index contributed by atoms with van der Waals surface area (Å²) in [5, 5.41) is 12.5. The van der Waals surface area contributed by atoms with E-state index in [1.165, 1.54) is 154 Å². The molecule has 0 aliphatic carbocycles. The minimum atomic E-state index is 1.09. The first-order valence-electron chi connectivity index (χ1n) is 43.7. The maximum absolute atomic E-state index is 3.92. The molecule has 0 unspecified atom stereocenters. The van der Waals surface area contributed by atoms with Crippen LogP contribution in [0.15, 0.2) is 486 Å². The van der Waals surface area contributed by atoms with E-state index in [0.717, 1.165) is 68.0 Å². The van der Waals surface area contributed by atoms with Crippen LogP contribution in [0.4, 0.5) is 34.1 Å². The van der Waals surface area contributed by atoms with Crippen molar-refractivity contribution in [3.63, 3.8) is 0 Å². The van der Waals surface area contributed by atoms with Crippen LogP contribution in [-0.4, -0.2) is 18.3 Å². The fraction of sp³-hybridized carbons (Fsp3) is 0. The second-order valence-corrected chi connectivity index (χ2v) is 32.9. The number of nitrogens with zero attached hydrogens (tertiary/aromatic N) is 6. The standard InChI is InChI=1S/C62H43N3.C60H41N3/c1-2-43-19-21-44(22-20-43)45-23-33-50(34-24-45)63(51-35-25-46(26-36-51)48-29-39-53(40-30-48)64-59-15-7-3-11-55(59)56-12-4-8-16-60(56)64)52-37-27-47(28-38-52)49-31-41-54(42-32-49)65-61-17-9-5-13-57(61)58-14-6-10-18-62(58)65;1-2-41-19-21-42(22-20-41)43-23-31-48(32-24-43)61(51-37-29-47-40-52(38-30-46(47)39-51)63-59-17-9-5-13-55(59)56-14-6-10-18-60(56)63)49-33-25-44(26-34-49)45-27-35-50(36-28-45)62-57-15-7-3-11-53(57)54-12-4-8-16-58(54)62/h2-42H,1H2;2-40H,1H2. The first-order chi connectivity index (χ1) is 63.4. The number of hydrogen-bond donors (Lipinski definition) is 0. The molecule has 4 heterocycles. The van der Waals surface area contributed by atoms with Gasteiger partial charge in [0, 0.05) is 100.0 Å². The molecule has 602 valence electrons. The third kappa shape index (κ3) is 13.6. The summed E-state index contributed by atoms with van der Waals surface area (Å²) in [5.41, 5.74) is 34.8. The smallest absolute Gasteiger partial charge is 0.0541 e. The van der Waals surface area contributed by atoms with Gasteiger partial charge in [0.05, 0.1) is 44.1 Å². The topological polar surface area (TPSA) is 26.2 Å². The molecular weight excluding hydrogens is 1550 g/mol. The third-order valence-electron chi connectivity index (χ3n) is 25.6. The number of rotatable bonds is 17. The van der Waals surface area contributed by atoms with Crippen LogP contribution in [0.25, 0.3) is 189 Å². The molecule has 0 amide bonds. The second kappa shape index (κ2) is 32.3. The predicted octanol–water partition coefficient (Wildman–Crippen LogP) is 33.5. The monoisotopic (exact) mass is 1630 g/mol. The summed E-state index contributed by atoms with van der Waals surface area (Å²) in [6, 6.07) is 172. The zero-order valence-corrected chi connectivity index (χ0v) is 70.3. The number of fused-ring (bicyclic) bond motifs is 13. The van der Waals surface area contributed by atoms with E-state index >= 15 is 0 Å². The minimum absolute atomic E-state index is 1.09. The Hall–Kier alpha value is -17.1. The minimum Gasteiger partial charge on any atom is -0.311 e. The highest BCUT2D eigenvalue weighted by Crippen LogP contribution is 2.45. The Labute approximate surface area is 743 Å². The van der Waals surface area contributed by atoms with Gasteiger partial charge in [-0.1, -0.05) is 329 Å². The average molecular weight is 1630 g/mol. The number of para-hydroxylation sites is 8. The summed E-state index contributed by atoms with van der Waals surface area (Å²) >= 11 is 0. The zero-order valence-electron chi connectivity index (χ0n) is 70.3. The lowest BCUT2D eigenvalue weighted by molar-refractivity contribution is 1.18. The summed E-state index contributed by atoms with van der Waals surface area (Å²) in [6.07, 6.45) is 3.76. The summed E-state index contributed by atoms with van der Waals surface area (Å²) in [4.78, 5) is 4.70. The highest BCUT2D eigenvalue weighted by atomic mass is 15.1. The lowest BCUT2D eigenvalue weighted by atomic mass is 10.0. The van der Waals surface area contributed by atoms with Crippen LogP contribution in [0.5, 0.6) is 0 Å². The summed E-state index contributed by atoms with van der Waals surface area (Å²) in [7, 11) is 0. The number of benzene rings is 20. The predicted molar refractivity (Wildman–Crippen MR) is 544 cm³/mol. The molecule has 0 bridgehead atoms. The molecule has 0 spiro atoms. The van der Waals surface area contributed by atoms with Crippen LogP contribution in [-0.2, 0) is 0 Å². The molecule has 0 saturated heterocycles. The molecule has 128 heavy (non-hydrogen) atoms. The molecule has 6 heteroatoms. The quantitative estimate of drug-likeness (QED) is 0.0908. The van der Waals surface area contributed by atoms with Crippen LogP contribution in [0.2, 0.25) is 0 Å².